The molecule has 1 N–H and O–H groups in total. The molecule has 198 valence electrons. The van der Waals surface area contributed by atoms with Gasteiger partial charge in [-0.05, 0) is 12.1 Å². The van der Waals surface area contributed by atoms with Gasteiger partial charge in [0.25, 0.3) is 11.5 Å². The number of nitrogens with one attached hydrogen (secondary N) is 1. The van der Waals surface area contributed by atoms with E-state index in [-0.39, 0.29) is 28.9 Å². The third-order valence-corrected chi connectivity index (χ3v) is 6.79. The summed E-state index contributed by atoms with van der Waals surface area (Å²) in [5.74, 6) is -4.47. The average Bonchev–Trinajstić information content (AvgIpc) is 3.53. The van der Waals surface area contributed by atoms with Crippen LogP contribution in [0.5, 0.6) is 0 Å². The van der Waals surface area contributed by atoms with E-state index in [0.717, 1.165) is 5.56 Å². The molecule has 0 radical (unpaired) electrons. The van der Waals surface area contributed by atoms with Crippen LogP contribution >= 0.6 is 0 Å². The summed E-state index contributed by atoms with van der Waals surface area (Å²) in [5, 5.41) is 0.175. The molecule has 0 saturated carbocycles. The van der Waals surface area contributed by atoms with Gasteiger partial charge in [0.2, 0.25) is 5.78 Å². The first kappa shape index (κ1) is 24.7. The molecule has 1 saturated heterocycles. The van der Waals surface area contributed by atoms with Crippen molar-refractivity contribution in [2.45, 2.75) is 13.0 Å². The number of aliphatic imine (C=N–C) groups is 1. The van der Waals surface area contributed by atoms with Gasteiger partial charge in [0.05, 0.1) is 30.9 Å². The second-order valence-corrected chi connectivity index (χ2v) is 9.28. The van der Waals surface area contributed by atoms with Crippen LogP contribution in [0.15, 0.2) is 52.6 Å². The van der Waals surface area contributed by atoms with Gasteiger partial charge in [-0.2, -0.15) is 0 Å². The molecule has 0 spiro atoms. The number of amides is 1. The third kappa shape index (κ3) is 4.42. The summed E-state index contributed by atoms with van der Waals surface area (Å²) in [4.78, 5) is 52.1. The van der Waals surface area contributed by atoms with Crippen LogP contribution < -0.4 is 5.56 Å². The first-order valence-electron chi connectivity index (χ1n) is 12.1. The lowest BCUT2D eigenvalue weighted by atomic mass is 10.0. The molecule has 1 fully saturated rings. The van der Waals surface area contributed by atoms with Gasteiger partial charge < -0.3 is 19.2 Å². The summed E-state index contributed by atoms with van der Waals surface area (Å²) in [6, 6.07) is 4.10. The van der Waals surface area contributed by atoms with Gasteiger partial charge in [0.15, 0.2) is 5.82 Å². The molecule has 2 aliphatic rings. The van der Waals surface area contributed by atoms with Crippen molar-refractivity contribution < 1.29 is 27.5 Å². The highest BCUT2D eigenvalue weighted by atomic mass is 19.1. The summed E-state index contributed by atoms with van der Waals surface area (Å²) >= 11 is 0. The zero-order valence-electron chi connectivity index (χ0n) is 20.3. The maximum absolute atomic E-state index is 14.2. The Labute approximate surface area is 218 Å². The number of ketones is 1. The second kappa shape index (κ2) is 9.62. The molecule has 5 heterocycles. The molecule has 0 unspecified atom stereocenters. The molecular weight excluding hydrogens is 515 g/mol. The van der Waals surface area contributed by atoms with E-state index >= 15 is 0 Å². The fraction of sp³-hybridized carbons (Fsp3) is 0.222. The molecule has 3 aromatic heterocycles. The molecule has 12 heteroatoms. The Kier molecular flexibility index (Phi) is 6.10. The fourth-order valence-corrected chi connectivity index (χ4v) is 4.86. The highest BCUT2D eigenvalue weighted by molar-refractivity contribution is 6.16. The Morgan fingerprint density at radius 1 is 1.08 bits per heavy atom. The van der Waals surface area contributed by atoms with Crippen LogP contribution in [-0.2, 0) is 17.7 Å². The van der Waals surface area contributed by atoms with Crippen molar-refractivity contribution in [1.82, 2.24) is 19.4 Å². The number of morpholine rings is 1. The van der Waals surface area contributed by atoms with E-state index in [2.05, 4.69) is 15.0 Å². The van der Waals surface area contributed by atoms with E-state index in [0.29, 0.717) is 61.9 Å². The van der Waals surface area contributed by atoms with Gasteiger partial charge in [-0.25, -0.2) is 23.1 Å². The molecule has 1 aromatic carbocycles. The van der Waals surface area contributed by atoms with Crippen LogP contribution in [0.2, 0.25) is 0 Å². The Morgan fingerprint density at radius 3 is 2.56 bits per heavy atom. The number of carbonyl (C=O) groups excluding carboxylic acids is 2. The molecular formula is C27H20F3N5O4. The average molecular weight is 535 g/mol. The minimum Gasteiger partial charge on any atom is -0.378 e. The third-order valence-electron chi connectivity index (χ3n) is 6.79. The number of benzene rings is 1. The van der Waals surface area contributed by atoms with Crippen LogP contribution in [-0.4, -0.2) is 63.1 Å². The molecule has 39 heavy (non-hydrogen) atoms. The molecule has 2 aliphatic heterocycles. The minimum atomic E-state index is -1.33. The van der Waals surface area contributed by atoms with Crippen molar-refractivity contribution in [3.63, 3.8) is 0 Å². The first-order valence-corrected chi connectivity index (χ1v) is 12.1. The number of hydrogen-bond acceptors (Lipinski definition) is 6. The molecule has 4 aromatic rings. The van der Waals surface area contributed by atoms with Crippen molar-refractivity contribution in [3.05, 3.63) is 92.9 Å². The Morgan fingerprint density at radius 2 is 1.82 bits per heavy atom. The van der Waals surface area contributed by atoms with Crippen LogP contribution in [0.4, 0.5) is 19.0 Å². The van der Waals surface area contributed by atoms with Gasteiger partial charge in [-0.15, -0.1) is 0 Å². The van der Waals surface area contributed by atoms with E-state index in [1.807, 2.05) is 0 Å². The number of hydrogen-bond donors (Lipinski definition) is 1. The van der Waals surface area contributed by atoms with Crippen LogP contribution in [0.25, 0.3) is 10.9 Å². The lowest BCUT2D eigenvalue weighted by molar-refractivity contribution is 0.0302. The number of pyridine rings is 2. The number of aromatic nitrogens is 3. The van der Waals surface area contributed by atoms with Crippen molar-refractivity contribution in [2.24, 2.45) is 4.99 Å². The highest BCUT2D eigenvalue weighted by Crippen LogP contribution is 2.27. The highest BCUT2D eigenvalue weighted by Gasteiger charge is 2.25. The van der Waals surface area contributed by atoms with Gasteiger partial charge in [-0.1, -0.05) is 0 Å². The zero-order chi connectivity index (χ0) is 27.3. The largest absolute Gasteiger partial charge is 0.378 e. The summed E-state index contributed by atoms with van der Waals surface area (Å²) in [5.41, 5.74) is 0.452. The maximum atomic E-state index is 14.2. The van der Waals surface area contributed by atoms with E-state index in [9.17, 15) is 27.6 Å². The number of halogens is 3. The summed E-state index contributed by atoms with van der Waals surface area (Å²) in [6.45, 7) is 2.15. The predicted molar refractivity (Wildman–Crippen MR) is 134 cm³/mol. The Balaban J connectivity index is 1.22. The monoisotopic (exact) mass is 535 g/mol. The van der Waals surface area contributed by atoms with E-state index in [4.69, 9.17) is 4.74 Å². The lowest BCUT2D eigenvalue weighted by Gasteiger charge is -2.26. The Bertz CT molecular complexity index is 1730. The molecule has 0 atom stereocenters. The van der Waals surface area contributed by atoms with Crippen molar-refractivity contribution in [1.29, 1.82) is 0 Å². The van der Waals surface area contributed by atoms with Crippen molar-refractivity contribution in [2.75, 3.05) is 26.3 Å². The van der Waals surface area contributed by atoms with Gasteiger partial charge in [-0.3, -0.25) is 14.4 Å². The van der Waals surface area contributed by atoms with Crippen LogP contribution in [0.1, 0.15) is 31.8 Å². The standard InChI is InChI=1S/C27H20F3N5O4/c28-16-9-20(29)22(21(30)10-16)24(36)19-12-31-23-18(19)1-2-35(27(23)38)13-17-8-14-7-15(11-32-25(14)33-17)26(37)34-3-5-39-6-4-34/h1-2,7,9-12,31H,3-6,8,13H2. The predicted octanol–water partition coefficient (Wildman–Crippen LogP) is 3.17. The number of nitrogens with zero attached hydrogens (tertiary/aromatic N) is 4. The molecule has 1 amide bonds. The number of carbonyl (C=O) groups is 2. The molecule has 9 nitrogen and oxygen atoms in total. The number of H-pyrrole nitrogens is 1. The number of ether oxygens (including phenoxy) is 1. The van der Waals surface area contributed by atoms with Gasteiger partial charge in [0, 0.05) is 72.5 Å². The van der Waals surface area contributed by atoms with Crippen molar-refractivity contribution in [3.8, 4) is 0 Å². The zero-order valence-corrected chi connectivity index (χ0v) is 20.3. The van der Waals surface area contributed by atoms with Crippen molar-refractivity contribution >= 4 is 34.1 Å². The normalized spacial score (nSPS) is 14.9. The number of fused-ring (bicyclic) bond motifs is 2. The van der Waals surface area contributed by atoms with Crippen LogP contribution in [0.3, 0.4) is 0 Å². The van der Waals surface area contributed by atoms with E-state index in [1.165, 1.54) is 29.2 Å². The van der Waals surface area contributed by atoms with Gasteiger partial charge >= 0.3 is 0 Å². The second-order valence-electron chi connectivity index (χ2n) is 9.28. The first-order chi connectivity index (χ1) is 18.8. The summed E-state index contributed by atoms with van der Waals surface area (Å²) in [6.07, 6.45) is 4.54. The lowest BCUT2D eigenvalue weighted by Crippen LogP contribution is -2.40. The minimum absolute atomic E-state index is 0.0661. The maximum Gasteiger partial charge on any atom is 0.275 e. The molecule has 0 bridgehead atoms. The molecule has 6 rings (SSSR count). The van der Waals surface area contributed by atoms with E-state index < -0.39 is 34.4 Å². The Hall–Kier alpha value is -4.58. The fourth-order valence-electron chi connectivity index (χ4n) is 4.86. The number of aromatic amines is 1. The van der Waals surface area contributed by atoms with Crippen LogP contribution in [0, 0.1) is 17.5 Å². The molecule has 0 aliphatic carbocycles. The quantitative estimate of drug-likeness (QED) is 0.395. The summed E-state index contributed by atoms with van der Waals surface area (Å²) < 4.78 is 48.3. The number of rotatable bonds is 5. The topological polar surface area (TPSA) is 110 Å². The van der Waals surface area contributed by atoms with Gasteiger partial charge in [0.1, 0.15) is 23.0 Å². The summed E-state index contributed by atoms with van der Waals surface area (Å²) in [7, 11) is 0. The van der Waals surface area contributed by atoms with E-state index in [1.54, 1.807) is 11.0 Å². The smallest absolute Gasteiger partial charge is 0.275 e. The SMILES string of the molecule is O=C(c1c(F)cc(F)cc1F)c1c[nH]c2c(=O)n(CC3=Nc4ncc(C(=O)N5CCOCC5)cc4C3)ccc12.